The fraction of sp³-hybridized carbons (Fsp3) is 0.200. The first-order valence-corrected chi connectivity index (χ1v) is 8.23. The van der Waals surface area contributed by atoms with E-state index in [9.17, 15) is 9.59 Å². The third-order valence-corrected chi connectivity index (χ3v) is 3.88. The maximum atomic E-state index is 12.3. The topological polar surface area (TPSA) is 61.8 Å². The van der Waals surface area contributed by atoms with E-state index in [-0.39, 0.29) is 5.78 Å². The first-order chi connectivity index (χ1) is 12.5. The van der Waals surface area contributed by atoms with Crippen LogP contribution in [-0.4, -0.2) is 32.1 Å². The van der Waals surface area contributed by atoms with E-state index in [0.29, 0.717) is 27.6 Å². The Morgan fingerprint density at radius 2 is 1.73 bits per heavy atom. The Morgan fingerprint density at radius 3 is 2.35 bits per heavy atom. The van der Waals surface area contributed by atoms with E-state index in [4.69, 9.17) is 25.8 Å². The van der Waals surface area contributed by atoms with E-state index in [1.165, 1.54) is 27.2 Å². The van der Waals surface area contributed by atoms with Gasteiger partial charge >= 0.3 is 5.97 Å². The number of carbonyl (C=O) groups is 2. The number of benzene rings is 2. The molecule has 0 aliphatic heterocycles. The molecule has 2 rings (SSSR count). The fourth-order valence-electron chi connectivity index (χ4n) is 2.32. The summed E-state index contributed by atoms with van der Waals surface area (Å²) in [5.74, 6) is 0.116. The highest BCUT2D eigenvalue weighted by Crippen LogP contribution is 2.31. The lowest BCUT2D eigenvalue weighted by Crippen LogP contribution is -2.23. The van der Waals surface area contributed by atoms with Gasteiger partial charge in [-0.25, -0.2) is 4.79 Å². The molecule has 2 aromatic rings. The standard InChI is InChI=1S/C20H19ClO5/c1-13(19(23)14-7-10-16(21)11-8-14)26-18(22)12-9-15-5-4-6-17(24-2)20(15)25-3/h4-13H,1-3H3/b12-9+/t13-/m1/s1. The van der Waals surface area contributed by atoms with E-state index in [1.807, 2.05) is 0 Å². The molecule has 0 aliphatic carbocycles. The lowest BCUT2D eigenvalue weighted by Gasteiger charge is -2.11. The van der Waals surface area contributed by atoms with Crippen LogP contribution in [0, 0.1) is 0 Å². The normalized spacial score (nSPS) is 11.8. The maximum Gasteiger partial charge on any atom is 0.331 e. The molecule has 0 aliphatic rings. The van der Waals surface area contributed by atoms with E-state index in [1.54, 1.807) is 48.5 Å². The molecule has 0 saturated carbocycles. The summed E-state index contributed by atoms with van der Waals surface area (Å²) in [6, 6.07) is 11.7. The molecule has 0 radical (unpaired) electrons. The number of Topliss-reactive ketones (excluding diaryl/α,β-unsaturated/α-hetero) is 1. The average molecular weight is 375 g/mol. The minimum Gasteiger partial charge on any atom is -0.493 e. The van der Waals surface area contributed by atoms with Gasteiger partial charge in [0, 0.05) is 22.2 Å². The van der Waals surface area contributed by atoms with Crippen molar-refractivity contribution < 1.29 is 23.8 Å². The number of ether oxygens (including phenoxy) is 3. The summed E-state index contributed by atoms with van der Waals surface area (Å²) >= 11 is 5.80. The SMILES string of the molecule is COc1cccc(/C=C/C(=O)O[C@H](C)C(=O)c2ccc(Cl)cc2)c1OC. The van der Waals surface area contributed by atoms with Gasteiger partial charge in [0.05, 0.1) is 14.2 Å². The zero-order chi connectivity index (χ0) is 19.1. The average Bonchev–Trinajstić information content (AvgIpc) is 2.65. The van der Waals surface area contributed by atoms with Gasteiger partial charge in [0.25, 0.3) is 0 Å². The molecule has 0 aromatic heterocycles. The Kier molecular flexibility index (Phi) is 6.81. The monoisotopic (exact) mass is 374 g/mol. The van der Waals surface area contributed by atoms with Crippen LogP contribution in [0.1, 0.15) is 22.8 Å². The van der Waals surface area contributed by atoms with Crippen LogP contribution in [0.4, 0.5) is 0 Å². The van der Waals surface area contributed by atoms with Crippen LogP contribution in [0.25, 0.3) is 6.08 Å². The van der Waals surface area contributed by atoms with Gasteiger partial charge in [0.15, 0.2) is 17.6 Å². The molecule has 0 unspecified atom stereocenters. The van der Waals surface area contributed by atoms with E-state index in [0.717, 1.165) is 0 Å². The number of hydrogen-bond acceptors (Lipinski definition) is 5. The van der Waals surface area contributed by atoms with Crippen molar-refractivity contribution in [2.75, 3.05) is 14.2 Å². The summed E-state index contributed by atoms with van der Waals surface area (Å²) in [4.78, 5) is 24.3. The summed E-state index contributed by atoms with van der Waals surface area (Å²) in [6.45, 7) is 1.52. The second-order valence-electron chi connectivity index (χ2n) is 5.37. The van der Waals surface area contributed by atoms with E-state index in [2.05, 4.69) is 0 Å². The molecule has 0 saturated heterocycles. The number of halogens is 1. The summed E-state index contributed by atoms with van der Waals surface area (Å²) in [5.41, 5.74) is 1.08. The first-order valence-electron chi connectivity index (χ1n) is 7.85. The molecule has 6 heteroatoms. The van der Waals surface area contributed by atoms with Crippen molar-refractivity contribution in [3.05, 3.63) is 64.7 Å². The molecule has 0 spiro atoms. The van der Waals surface area contributed by atoms with Crippen LogP contribution in [-0.2, 0) is 9.53 Å². The molecule has 0 bridgehead atoms. The van der Waals surface area contributed by atoms with E-state index < -0.39 is 12.1 Å². The lowest BCUT2D eigenvalue weighted by atomic mass is 10.1. The summed E-state index contributed by atoms with van der Waals surface area (Å²) in [6.07, 6.45) is 1.87. The van der Waals surface area contributed by atoms with Crippen molar-refractivity contribution >= 4 is 29.4 Å². The molecule has 5 nitrogen and oxygen atoms in total. The molecule has 0 fully saturated rings. The summed E-state index contributed by atoms with van der Waals surface area (Å²) in [7, 11) is 3.05. The van der Waals surface area contributed by atoms with Crippen LogP contribution in [0.3, 0.4) is 0 Å². The molecule has 0 amide bonds. The second kappa shape index (κ2) is 9.06. The second-order valence-corrected chi connectivity index (χ2v) is 5.80. The van der Waals surface area contributed by atoms with E-state index >= 15 is 0 Å². The molecular weight excluding hydrogens is 356 g/mol. The van der Waals surface area contributed by atoms with Gasteiger partial charge in [0.2, 0.25) is 5.78 Å². The highest BCUT2D eigenvalue weighted by Gasteiger charge is 2.18. The minimum absolute atomic E-state index is 0.303. The Labute approximate surface area is 157 Å². The summed E-state index contributed by atoms with van der Waals surface area (Å²) in [5, 5.41) is 0.529. The van der Waals surface area contributed by atoms with Crippen molar-refractivity contribution in [3.63, 3.8) is 0 Å². The zero-order valence-electron chi connectivity index (χ0n) is 14.7. The van der Waals surface area contributed by atoms with Gasteiger partial charge in [-0.2, -0.15) is 0 Å². The van der Waals surface area contributed by atoms with Gasteiger partial charge in [0.1, 0.15) is 0 Å². The zero-order valence-corrected chi connectivity index (χ0v) is 15.4. The fourth-order valence-corrected chi connectivity index (χ4v) is 2.44. The van der Waals surface area contributed by atoms with Gasteiger partial charge < -0.3 is 14.2 Å². The minimum atomic E-state index is -0.916. The molecular formula is C20H19ClO5. The van der Waals surface area contributed by atoms with Gasteiger partial charge in [-0.3, -0.25) is 4.79 Å². The maximum absolute atomic E-state index is 12.3. The van der Waals surface area contributed by atoms with Crippen molar-refractivity contribution in [2.24, 2.45) is 0 Å². The highest BCUT2D eigenvalue weighted by molar-refractivity contribution is 6.30. The molecule has 26 heavy (non-hydrogen) atoms. The number of para-hydroxylation sites is 1. The Morgan fingerprint density at radius 1 is 1.04 bits per heavy atom. The predicted molar refractivity (Wildman–Crippen MR) is 99.9 cm³/mol. The third kappa shape index (κ3) is 4.86. The highest BCUT2D eigenvalue weighted by atomic mass is 35.5. The first kappa shape index (κ1) is 19.5. The third-order valence-electron chi connectivity index (χ3n) is 3.62. The molecule has 1 atom stereocenters. The number of methoxy groups -OCH3 is 2. The van der Waals surface area contributed by atoms with Crippen molar-refractivity contribution in [3.8, 4) is 11.5 Å². The summed E-state index contributed by atoms with van der Waals surface area (Å²) < 4.78 is 15.7. The number of hydrogen-bond donors (Lipinski definition) is 0. The van der Waals surface area contributed by atoms with Gasteiger partial charge in [-0.15, -0.1) is 0 Å². The van der Waals surface area contributed by atoms with Gasteiger partial charge in [-0.05, 0) is 43.3 Å². The molecule has 136 valence electrons. The van der Waals surface area contributed by atoms with Crippen molar-refractivity contribution in [2.45, 2.75) is 13.0 Å². The van der Waals surface area contributed by atoms with Crippen LogP contribution < -0.4 is 9.47 Å². The Bertz CT molecular complexity index is 811. The van der Waals surface area contributed by atoms with Crippen LogP contribution >= 0.6 is 11.6 Å². The molecule has 0 N–H and O–H groups in total. The Hall–Kier alpha value is -2.79. The Balaban J connectivity index is 2.05. The van der Waals surface area contributed by atoms with Crippen molar-refractivity contribution in [1.29, 1.82) is 0 Å². The number of esters is 1. The van der Waals surface area contributed by atoms with Crippen molar-refractivity contribution in [1.82, 2.24) is 0 Å². The van der Waals surface area contributed by atoms with Gasteiger partial charge in [-0.1, -0.05) is 23.7 Å². The van der Waals surface area contributed by atoms with Crippen LogP contribution in [0.5, 0.6) is 11.5 Å². The predicted octanol–water partition coefficient (Wildman–Crippen LogP) is 4.19. The lowest BCUT2D eigenvalue weighted by molar-refractivity contribution is -0.140. The number of ketones is 1. The van der Waals surface area contributed by atoms with Crippen LogP contribution in [0.2, 0.25) is 5.02 Å². The quantitative estimate of drug-likeness (QED) is 0.413. The van der Waals surface area contributed by atoms with Crippen LogP contribution in [0.15, 0.2) is 48.5 Å². The number of carbonyl (C=O) groups excluding carboxylic acids is 2. The number of rotatable bonds is 7. The largest absolute Gasteiger partial charge is 0.493 e. The molecule has 0 heterocycles. The molecule has 2 aromatic carbocycles. The smallest absolute Gasteiger partial charge is 0.331 e.